The first-order chi connectivity index (χ1) is 10.3. The Morgan fingerprint density at radius 3 is 2.59 bits per heavy atom. The van der Waals surface area contributed by atoms with Gasteiger partial charge in [0.15, 0.2) is 5.69 Å². The molecule has 118 valence electrons. The number of carbonyl (C=O) groups is 1. The Hall–Kier alpha value is -2.02. The zero-order chi connectivity index (χ0) is 16.3. The van der Waals surface area contributed by atoms with Crippen LogP contribution in [0, 0.1) is 0 Å². The van der Waals surface area contributed by atoms with Crippen LogP contribution < -0.4 is 0 Å². The molecule has 0 aliphatic heterocycles. The van der Waals surface area contributed by atoms with E-state index in [1.807, 2.05) is 0 Å². The molecule has 1 aromatic carbocycles. The van der Waals surface area contributed by atoms with E-state index in [1.54, 1.807) is 24.3 Å². The fourth-order valence-corrected chi connectivity index (χ4v) is 2.20. The smallest absolute Gasteiger partial charge is 0.435 e. The monoisotopic (exact) mass is 332 g/mol. The summed E-state index contributed by atoms with van der Waals surface area (Å²) >= 11 is 6.00. The van der Waals surface area contributed by atoms with E-state index < -0.39 is 17.8 Å². The minimum Gasteiger partial charge on any atom is -0.481 e. The fraction of sp³-hybridized carbons (Fsp3) is 0.286. The van der Waals surface area contributed by atoms with Crippen molar-refractivity contribution in [2.24, 2.45) is 0 Å². The van der Waals surface area contributed by atoms with Crippen LogP contribution in [-0.4, -0.2) is 20.9 Å². The second-order valence-electron chi connectivity index (χ2n) is 4.63. The minimum atomic E-state index is -4.58. The van der Waals surface area contributed by atoms with Gasteiger partial charge in [0.2, 0.25) is 0 Å². The van der Waals surface area contributed by atoms with Gasteiger partial charge in [-0.05, 0) is 31.0 Å². The summed E-state index contributed by atoms with van der Waals surface area (Å²) in [5.74, 6) is -1.00. The van der Waals surface area contributed by atoms with Crippen molar-refractivity contribution >= 4 is 17.6 Å². The van der Waals surface area contributed by atoms with E-state index in [4.69, 9.17) is 16.7 Å². The van der Waals surface area contributed by atoms with Gasteiger partial charge in [-0.1, -0.05) is 23.7 Å². The van der Waals surface area contributed by atoms with Crippen LogP contribution in [0.1, 0.15) is 24.2 Å². The van der Waals surface area contributed by atoms with Crippen molar-refractivity contribution in [3.05, 3.63) is 46.7 Å². The molecule has 2 aromatic rings. The lowest BCUT2D eigenvalue weighted by Crippen LogP contribution is -2.08. The molecule has 0 spiro atoms. The average Bonchev–Trinajstić information content (AvgIpc) is 2.83. The molecule has 2 rings (SSSR count). The number of nitrogens with zero attached hydrogens (tertiary/aromatic N) is 2. The van der Waals surface area contributed by atoms with Crippen molar-refractivity contribution in [3.8, 4) is 5.69 Å². The van der Waals surface area contributed by atoms with Gasteiger partial charge >= 0.3 is 12.1 Å². The third kappa shape index (κ3) is 3.79. The number of aromatic nitrogens is 2. The molecule has 1 N–H and O–H groups in total. The second kappa shape index (κ2) is 6.39. The standard InChI is InChI=1S/C14H12ClF3N2O2/c15-10-5-1-2-6-11(10)20-9(4-3-7-13(21)22)8-12(19-20)14(16,17)18/h1-2,5-6,8H,3-4,7H2,(H,21,22). The van der Waals surface area contributed by atoms with Crippen LogP contribution in [0.5, 0.6) is 0 Å². The Morgan fingerprint density at radius 1 is 1.32 bits per heavy atom. The number of hydrogen-bond donors (Lipinski definition) is 1. The van der Waals surface area contributed by atoms with Gasteiger partial charge in [-0.15, -0.1) is 0 Å². The first kappa shape index (κ1) is 16.4. The van der Waals surface area contributed by atoms with Crippen molar-refractivity contribution in [3.63, 3.8) is 0 Å². The van der Waals surface area contributed by atoms with Crippen molar-refractivity contribution in [2.45, 2.75) is 25.4 Å². The average molecular weight is 333 g/mol. The van der Waals surface area contributed by atoms with Gasteiger partial charge in [0.25, 0.3) is 0 Å². The van der Waals surface area contributed by atoms with E-state index in [0.717, 1.165) is 10.7 Å². The Labute approximate surface area is 129 Å². The number of carboxylic acid groups (broad SMARTS) is 1. The number of benzene rings is 1. The molecule has 1 aromatic heterocycles. The highest BCUT2D eigenvalue weighted by molar-refractivity contribution is 6.32. The van der Waals surface area contributed by atoms with Gasteiger partial charge < -0.3 is 5.11 Å². The zero-order valence-corrected chi connectivity index (χ0v) is 12.0. The number of alkyl halides is 3. The third-order valence-corrected chi connectivity index (χ3v) is 3.30. The van der Waals surface area contributed by atoms with Crippen molar-refractivity contribution in [2.75, 3.05) is 0 Å². The molecule has 22 heavy (non-hydrogen) atoms. The quantitative estimate of drug-likeness (QED) is 0.902. The summed E-state index contributed by atoms with van der Waals surface area (Å²) in [6, 6.07) is 7.31. The number of aryl methyl sites for hydroxylation is 1. The zero-order valence-electron chi connectivity index (χ0n) is 11.3. The topological polar surface area (TPSA) is 55.1 Å². The molecule has 8 heteroatoms. The van der Waals surface area contributed by atoms with Crippen LogP contribution in [0.25, 0.3) is 5.69 Å². The van der Waals surface area contributed by atoms with E-state index >= 15 is 0 Å². The molecular formula is C14H12ClF3N2O2. The molecule has 4 nitrogen and oxygen atoms in total. The minimum absolute atomic E-state index is 0.130. The highest BCUT2D eigenvalue weighted by atomic mass is 35.5. The summed E-state index contributed by atoms with van der Waals surface area (Å²) in [6.07, 6.45) is -4.34. The first-order valence-corrected chi connectivity index (χ1v) is 6.79. The lowest BCUT2D eigenvalue weighted by molar-refractivity contribution is -0.141. The summed E-state index contributed by atoms with van der Waals surface area (Å²) in [7, 11) is 0. The SMILES string of the molecule is O=C(O)CCCc1cc(C(F)(F)F)nn1-c1ccccc1Cl. The highest BCUT2D eigenvalue weighted by Crippen LogP contribution is 2.31. The van der Waals surface area contributed by atoms with E-state index in [1.165, 1.54) is 0 Å². The Balaban J connectivity index is 2.40. The summed E-state index contributed by atoms with van der Waals surface area (Å²) < 4.78 is 39.7. The Bertz CT molecular complexity index is 683. The fourth-order valence-electron chi connectivity index (χ4n) is 1.99. The molecule has 0 saturated heterocycles. The number of rotatable bonds is 5. The van der Waals surface area contributed by atoms with Crippen LogP contribution >= 0.6 is 11.6 Å². The molecule has 0 fully saturated rings. The number of para-hydroxylation sites is 1. The normalized spacial score (nSPS) is 11.6. The number of hydrogen-bond acceptors (Lipinski definition) is 2. The van der Waals surface area contributed by atoms with E-state index in [0.29, 0.717) is 5.69 Å². The maximum Gasteiger partial charge on any atom is 0.435 e. The molecule has 0 aliphatic rings. The number of carboxylic acids is 1. The maximum absolute atomic E-state index is 12.8. The maximum atomic E-state index is 12.8. The summed E-state index contributed by atoms with van der Waals surface area (Å²) in [5, 5.41) is 12.5. The van der Waals surface area contributed by atoms with Gasteiger partial charge in [0.1, 0.15) is 0 Å². The van der Waals surface area contributed by atoms with E-state index in [9.17, 15) is 18.0 Å². The Kier molecular flexibility index (Phi) is 4.75. The molecule has 0 bridgehead atoms. The predicted octanol–water partition coefficient (Wildman–Crippen LogP) is 3.95. The largest absolute Gasteiger partial charge is 0.481 e. The molecule has 0 saturated carbocycles. The molecule has 0 radical (unpaired) electrons. The van der Waals surface area contributed by atoms with Crippen molar-refractivity contribution in [1.82, 2.24) is 9.78 Å². The van der Waals surface area contributed by atoms with Crippen LogP contribution in [0.3, 0.4) is 0 Å². The van der Waals surface area contributed by atoms with Gasteiger partial charge in [-0.25, -0.2) is 4.68 Å². The molecule has 0 atom stereocenters. The van der Waals surface area contributed by atoms with Crippen molar-refractivity contribution < 1.29 is 23.1 Å². The van der Waals surface area contributed by atoms with E-state index in [-0.39, 0.29) is 30.0 Å². The van der Waals surface area contributed by atoms with Gasteiger partial charge in [-0.3, -0.25) is 4.79 Å². The molecular weight excluding hydrogens is 321 g/mol. The van der Waals surface area contributed by atoms with Gasteiger partial charge in [0.05, 0.1) is 10.7 Å². The summed E-state index contributed by atoms with van der Waals surface area (Å²) in [5.41, 5.74) is -0.440. The second-order valence-corrected chi connectivity index (χ2v) is 5.04. The first-order valence-electron chi connectivity index (χ1n) is 6.42. The lowest BCUT2D eigenvalue weighted by atomic mass is 10.2. The van der Waals surface area contributed by atoms with Crippen LogP contribution in [0.15, 0.2) is 30.3 Å². The molecule has 0 amide bonds. The van der Waals surface area contributed by atoms with E-state index in [2.05, 4.69) is 5.10 Å². The number of halogens is 4. The van der Waals surface area contributed by atoms with Crippen LogP contribution in [0.2, 0.25) is 5.02 Å². The van der Waals surface area contributed by atoms with Crippen LogP contribution in [-0.2, 0) is 17.4 Å². The van der Waals surface area contributed by atoms with Gasteiger partial charge in [0, 0.05) is 12.1 Å². The molecule has 0 unspecified atom stereocenters. The van der Waals surface area contributed by atoms with Crippen molar-refractivity contribution in [1.29, 1.82) is 0 Å². The third-order valence-electron chi connectivity index (χ3n) is 2.98. The lowest BCUT2D eigenvalue weighted by Gasteiger charge is -2.08. The predicted molar refractivity (Wildman–Crippen MR) is 74.1 cm³/mol. The molecule has 1 heterocycles. The molecule has 0 aliphatic carbocycles. The highest BCUT2D eigenvalue weighted by Gasteiger charge is 2.35. The number of aliphatic carboxylic acids is 1. The van der Waals surface area contributed by atoms with Crippen LogP contribution in [0.4, 0.5) is 13.2 Å². The Morgan fingerprint density at radius 2 is 2.00 bits per heavy atom. The summed E-state index contributed by atoms with van der Waals surface area (Å²) in [4.78, 5) is 10.5. The van der Waals surface area contributed by atoms with Gasteiger partial charge in [-0.2, -0.15) is 18.3 Å². The summed E-state index contributed by atoms with van der Waals surface area (Å²) in [6.45, 7) is 0.